The molecule has 0 amide bonds. The molecule has 1 N–H and O–H groups in total. The van der Waals surface area contributed by atoms with E-state index in [0.717, 1.165) is 0 Å². The van der Waals surface area contributed by atoms with Crippen molar-refractivity contribution in [2.24, 2.45) is 0 Å². The SMILES string of the molecule is Oc1cccc(OP)c1. The Morgan fingerprint density at radius 2 is 2.22 bits per heavy atom. The van der Waals surface area contributed by atoms with E-state index in [1.54, 1.807) is 18.2 Å². The summed E-state index contributed by atoms with van der Waals surface area (Å²) in [6.07, 6.45) is 0. The predicted molar refractivity (Wildman–Crippen MR) is 38.4 cm³/mol. The molecule has 0 aliphatic rings. The fraction of sp³-hybridized carbons (Fsp3) is 0. The van der Waals surface area contributed by atoms with Crippen LogP contribution >= 0.6 is 9.47 Å². The molecule has 3 heteroatoms. The molecule has 1 aromatic rings. The third kappa shape index (κ3) is 1.58. The van der Waals surface area contributed by atoms with E-state index >= 15 is 0 Å². The van der Waals surface area contributed by atoms with Crippen molar-refractivity contribution < 1.29 is 9.63 Å². The number of aromatic hydroxyl groups is 1. The van der Waals surface area contributed by atoms with E-state index in [-0.39, 0.29) is 5.75 Å². The van der Waals surface area contributed by atoms with E-state index in [2.05, 4.69) is 9.47 Å². The lowest BCUT2D eigenvalue weighted by molar-refractivity contribution is 0.472. The lowest BCUT2D eigenvalue weighted by Gasteiger charge is -1.96. The van der Waals surface area contributed by atoms with E-state index in [9.17, 15) is 0 Å². The van der Waals surface area contributed by atoms with Crippen LogP contribution in [-0.2, 0) is 0 Å². The summed E-state index contributed by atoms with van der Waals surface area (Å²) in [5, 5.41) is 8.85. The summed E-state index contributed by atoms with van der Waals surface area (Å²) in [6, 6.07) is 6.60. The molecular weight excluding hydrogens is 135 g/mol. The first-order valence-electron chi connectivity index (χ1n) is 2.48. The lowest BCUT2D eigenvalue weighted by atomic mass is 10.3. The number of hydrogen-bond donors (Lipinski definition) is 1. The largest absolute Gasteiger partial charge is 0.508 e. The molecule has 2 nitrogen and oxygen atoms in total. The van der Waals surface area contributed by atoms with Gasteiger partial charge in [0.25, 0.3) is 0 Å². The first-order chi connectivity index (χ1) is 4.33. The zero-order chi connectivity index (χ0) is 6.69. The Kier molecular flexibility index (Phi) is 1.91. The van der Waals surface area contributed by atoms with Crippen LogP contribution in [0.25, 0.3) is 0 Å². The molecule has 9 heavy (non-hydrogen) atoms. The van der Waals surface area contributed by atoms with Crippen molar-refractivity contribution >= 4 is 9.47 Å². The topological polar surface area (TPSA) is 29.5 Å². The van der Waals surface area contributed by atoms with Crippen molar-refractivity contribution in [3.8, 4) is 11.5 Å². The Hall–Kier alpha value is -0.750. The summed E-state index contributed by atoms with van der Waals surface area (Å²) in [5.74, 6) is 0.856. The van der Waals surface area contributed by atoms with Crippen LogP contribution in [0.15, 0.2) is 24.3 Å². The first kappa shape index (κ1) is 6.37. The third-order valence-electron chi connectivity index (χ3n) is 0.954. The average Bonchev–Trinajstić information content (AvgIpc) is 1.88. The molecule has 0 heterocycles. The van der Waals surface area contributed by atoms with Gasteiger partial charge in [-0.25, -0.2) is 0 Å². The van der Waals surface area contributed by atoms with Gasteiger partial charge in [0.05, 0.1) is 9.47 Å². The third-order valence-corrected chi connectivity index (χ3v) is 1.23. The minimum atomic E-state index is 0.218. The molecule has 0 saturated carbocycles. The van der Waals surface area contributed by atoms with Crippen LogP contribution in [0.1, 0.15) is 0 Å². The molecule has 0 bridgehead atoms. The van der Waals surface area contributed by atoms with Crippen LogP contribution in [0, 0.1) is 0 Å². The predicted octanol–water partition coefficient (Wildman–Crippen LogP) is 1.56. The van der Waals surface area contributed by atoms with Crippen molar-refractivity contribution in [3.63, 3.8) is 0 Å². The van der Waals surface area contributed by atoms with Crippen molar-refractivity contribution in [2.75, 3.05) is 0 Å². The number of hydrogen-bond acceptors (Lipinski definition) is 2. The fourth-order valence-electron chi connectivity index (χ4n) is 0.557. The highest BCUT2D eigenvalue weighted by Gasteiger charge is 1.89. The summed E-state index contributed by atoms with van der Waals surface area (Å²) >= 11 is 0. The molecule has 0 saturated heterocycles. The second-order valence-corrected chi connectivity index (χ2v) is 1.85. The van der Waals surface area contributed by atoms with Gasteiger partial charge in [-0.1, -0.05) is 6.07 Å². The Morgan fingerprint density at radius 1 is 1.44 bits per heavy atom. The van der Waals surface area contributed by atoms with E-state index in [1.165, 1.54) is 6.07 Å². The average molecular weight is 142 g/mol. The molecule has 1 atom stereocenters. The Labute approximate surface area is 55.8 Å². The zero-order valence-electron chi connectivity index (χ0n) is 4.74. The van der Waals surface area contributed by atoms with Gasteiger partial charge in [-0.15, -0.1) is 0 Å². The molecular formula is C6H7O2P. The van der Waals surface area contributed by atoms with Gasteiger partial charge in [-0.05, 0) is 12.1 Å². The van der Waals surface area contributed by atoms with Gasteiger partial charge < -0.3 is 9.63 Å². The quantitative estimate of drug-likeness (QED) is 0.603. The number of benzene rings is 1. The smallest absolute Gasteiger partial charge is 0.126 e. The van der Waals surface area contributed by atoms with Gasteiger partial charge >= 0.3 is 0 Å². The minimum Gasteiger partial charge on any atom is -0.508 e. The van der Waals surface area contributed by atoms with Crippen LogP contribution in [0.4, 0.5) is 0 Å². The van der Waals surface area contributed by atoms with Crippen molar-refractivity contribution in [1.82, 2.24) is 0 Å². The standard InChI is InChI=1S/C6H7O2P/c7-5-2-1-3-6(4-5)8-9/h1-4,7H,9H2. The van der Waals surface area contributed by atoms with Gasteiger partial charge in [0.2, 0.25) is 0 Å². The van der Waals surface area contributed by atoms with Crippen LogP contribution < -0.4 is 4.52 Å². The maximum atomic E-state index is 8.85. The number of rotatable bonds is 1. The summed E-state index contributed by atoms with van der Waals surface area (Å²) in [5.41, 5.74) is 0. The van der Waals surface area contributed by atoms with Crippen LogP contribution in [0.2, 0.25) is 0 Å². The van der Waals surface area contributed by atoms with E-state index < -0.39 is 0 Å². The van der Waals surface area contributed by atoms with Crippen molar-refractivity contribution in [2.45, 2.75) is 0 Å². The van der Waals surface area contributed by atoms with E-state index in [0.29, 0.717) is 5.75 Å². The van der Waals surface area contributed by atoms with Gasteiger partial charge in [-0.2, -0.15) is 0 Å². The minimum absolute atomic E-state index is 0.218. The maximum absolute atomic E-state index is 8.85. The first-order valence-corrected chi connectivity index (χ1v) is 2.96. The molecule has 0 fully saturated rings. The number of phenolic OH excluding ortho intramolecular Hbond substituents is 1. The second-order valence-electron chi connectivity index (χ2n) is 1.62. The Morgan fingerprint density at radius 3 is 2.67 bits per heavy atom. The van der Waals surface area contributed by atoms with Gasteiger partial charge in [0.15, 0.2) is 0 Å². The molecule has 1 aromatic carbocycles. The second kappa shape index (κ2) is 2.70. The molecule has 0 aliphatic carbocycles. The maximum Gasteiger partial charge on any atom is 0.126 e. The van der Waals surface area contributed by atoms with Crippen LogP contribution in [0.3, 0.4) is 0 Å². The van der Waals surface area contributed by atoms with Gasteiger partial charge in [0, 0.05) is 6.07 Å². The van der Waals surface area contributed by atoms with Crippen molar-refractivity contribution in [1.29, 1.82) is 0 Å². The summed E-state index contributed by atoms with van der Waals surface area (Å²) < 4.78 is 4.75. The van der Waals surface area contributed by atoms with E-state index in [1.807, 2.05) is 0 Å². The molecule has 0 aliphatic heterocycles. The van der Waals surface area contributed by atoms with E-state index in [4.69, 9.17) is 9.63 Å². The summed E-state index contributed by atoms with van der Waals surface area (Å²) in [4.78, 5) is 0. The monoisotopic (exact) mass is 142 g/mol. The molecule has 0 spiro atoms. The van der Waals surface area contributed by atoms with Gasteiger partial charge in [-0.3, -0.25) is 0 Å². The summed E-state index contributed by atoms with van der Waals surface area (Å²) in [6.45, 7) is 0. The normalized spacial score (nSPS) is 9.00. The molecule has 1 unspecified atom stereocenters. The highest BCUT2D eigenvalue weighted by Crippen LogP contribution is 2.18. The fourth-order valence-corrected chi connectivity index (χ4v) is 0.703. The molecule has 0 radical (unpaired) electrons. The summed E-state index contributed by atoms with van der Waals surface area (Å²) in [7, 11) is 2.10. The highest BCUT2D eigenvalue weighted by molar-refractivity contribution is 7.10. The Bertz CT molecular complexity index is 200. The Balaban J connectivity index is 2.94. The van der Waals surface area contributed by atoms with Crippen molar-refractivity contribution in [3.05, 3.63) is 24.3 Å². The van der Waals surface area contributed by atoms with Crippen LogP contribution in [-0.4, -0.2) is 5.11 Å². The number of phenols is 1. The zero-order valence-corrected chi connectivity index (χ0v) is 5.90. The van der Waals surface area contributed by atoms with Crippen LogP contribution in [0.5, 0.6) is 11.5 Å². The molecule has 0 aromatic heterocycles. The molecule has 1 rings (SSSR count). The molecule has 48 valence electrons. The van der Waals surface area contributed by atoms with Gasteiger partial charge in [0.1, 0.15) is 11.5 Å². The highest BCUT2D eigenvalue weighted by atomic mass is 31.0. The lowest BCUT2D eigenvalue weighted by Crippen LogP contribution is -1.70.